The van der Waals surface area contributed by atoms with Gasteiger partial charge in [0.15, 0.2) is 0 Å². The van der Waals surface area contributed by atoms with Crippen LogP contribution in [0.5, 0.6) is 0 Å². The van der Waals surface area contributed by atoms with Gasteiger partial charge < -0.3 is 8.91 Å². The molecule has 0 rings (SSSR count). The van der Waals surface area contributed by atoms with E-state index >= 15 is 0 Å². The van der Waals surface area contributed by atoms with E-state index in [1.165, 1.54) is 0 Å². The molecule has 0 fully saturated rings. The highest BCUT2D eigenvalue weighted by atomic mass is 28.3. The Kier molecular flexibility index (Phi) is 6.23. The van der Waals surface area contributed by atoms with Gasteiger partial charge in [-0.3, -0.25) is 0 Å². The van der Waals surface area contributed by atoms with Crippen molar-refractivity contribution in [3.63, 3.8) is 0 Å². The SMILES string of the molecule is CCCCC(=O)[SiH2]O[SiH3]. The van der Waals surface area contributed by atoms with Crippen LogP contribution in [0.2, 0.25) is 0 Å². The van der Waals surface area contributed by atoms with E-state index in [2.05, 4.69) is 6.92 Å². The molecule has 0 aliphatic rings. The van der Waals surface area contributed by atoms with Gasteiger partial charge >= 0.3 is 0 Å². The summed E-state index contributed by atoms with van der Waals surface area (Å²) in [5.74, 6) is 0. The molecule has 0 amide bonds. The standard InChI is InChI=1S/C5H14O2Si2/c1-2-3-4-5(6)9-7-8/h2-4,9H2,1,8H3. The molecule has 0 aromatic carbocycles. The molecule has 0 radical (unpaired) electrons. The maximum absolute atomic E-state index is 10.8. The van der Waals surface area contributed by atoms with E-state index in [4.69, 9.17) is 4.12 Å². The third-order valence-corrected chi connectivity index (χ3v) is 2.94. The normalized spacial score (nSPS) is 11.2. The third kappa shape index (κ3) is 5.94. The highest BCUT2D eigenvalue weighted by Gasteiger charge is 1.98. The summed E-state index contributed by atoms with van der Waals surface area (Å²) < 4.78 is 4.93. The summed E-state index contributed by atoms with van der Waals surface area (Å²) in [5, 5.41) is 0.381. The lowest BCUT2D eigenvalue weighted by Crippen LogP contribution is -2.10. The van der Waals surface area contributed by atoms with E-state index in [1.54, 1.807) is 0 Å². The van der Waals surface area contributed by atoms with Crippen LogP contribution in [0.4, 0.5) is 0 Å². The van der Waals surface area contributed by atoms with Gasteiger partial charge in [0.05, 0.1) is 0 Å². The van der Waals surface area contributed by atoms with Crippen molar-refractivity contribution >= 4 is 25.7 Å². The van der Waals surface area contributed by atoms with Crippen molar-refractivity contribution in [2.45, 2.75) is 26.2 Å². The second-order valence-corrected chi connectivity index (χ2v) is 5.46. The Morgan fingerprint density at radius 2 is 2.44 bits per heavy atom. The van der Waals surface area contributed by atoms with Crippen molar-refractivity contribution in [2.24, 2.45) is 0 Å². The molecule has 4 heteroatoms. The number of hydrogen-bond acceptors (Lipinski definition) is 2. The maximum atomic E-state index is 10.8. The second kappa shape index (κ2) is 6.19. The van der Waals surface area contributed by atoms with Gasteiger partial charge in [-0.15, -0.1) is 0 Å². The summed E-state index contributed by atoms with van der Waals surface area (Å²) in [6, 6.07) is 0. The predicted molar refractivity (Wildman–Crippen MR) is 44.1 cm³/mol. The van der Waals surface area contributed by atoms with E-state index in [0.717, 1.165) is 29.7 Å². The topological polar surface area (TPSA) is 26.3 Å². The molecule has 0 heterocycles. The summed E-state index contributed by atoms with van der Waals surface area (Å²) in [6.45, 7) is 2.09. The molecule has 9 heavy (non-hydrogen) atoms. The zero-order valence-electron chi connectivity index (χ0n) is 6.14. The number of hydrogen-bond donors (Lipinski definition) is 0. The van der Waals surface area contributed by atoms with Gasteiger partial charge in [0.2, 0.25) is 9.76 Å². The van der Waals surface area contributed by atoms with Gasteiger partial charge in [-0.2, -0.15) is 0 Å². The van der Waals surface area contributed by atoms with Gasteiger partial charge in [0.25, 0.3) is 0 Å². The highest BCUT2D eigenvalue weighted by Crippen LogP contribution is 1.93. The first-order valence-corrected chi connectivity index (χ1v) is 5.42. The smallest absolute Gasteiger partial charge is 0.221 e. The van der Waals surface area contributed by atoms with Crippen LogP contribution in [-0.4, -0.2) is 25.7 Å². The van der Waals surface area contributed by atoms with Crippen LogP contribution < -0.4 is 0 Å². The number of carbonyl (C=O) groups excluding carboxylic acids is 1. The Hall–Kier alpha value is 0.0638. The third-order valence-electron chi connectivity index (χ3n) is 1.11. The van der Waals surface area contributed by atoms with Crippen molar-refractivity contribution in [3.05, 3.63) is 0 Å². The summed E-state index contributed by atoms with van der Waals surface area (Å²) in [5.41, 5.74) is 0. The predicted octanol–water partition coefficient (Wildman–Crippen LogP) is -0.916. The molecule has 0 bridgehead atoms. The van der Waals surface area contributed by atoms with Crippen LogP contribution in [0, 0.1) is 0 Å². The molecule has 0 spiro atoms. The Bertz CT molecular complexity index is 85.0. The van der Waals surface area contributed by atoms with Crippen LogP contribution in [0.15, 0.2) is 0 Å². The maximum Gasteiger partial charge on any atom is 0.221 e. The minimum absolute atomic E-state index is 0.381. The second-order valence-electron chi connectivity index (χ2n) is 2.08. The van der Waals surface area contributed by atoms with Crippen molar-refractivity contribution < 1.29 is 8.91 Å². The average molecular weight is 162 g/mol. The van der Waals surface area contributed by atoms with Gasteiger partial charge in [-0.05, 0) is 6.42 Å². The van der Waals surface area contributed by atoms with Gasteiger partial charge in [-0.25, -0.2) is 0 Å². The fourth-order valence-corrected chi connectivity index (χ4v) is 2.29. The van der Waals surface area contributed by atoms with Crippen LogP contribution in [0.3, 0.4) is 0 Å². The first kappa shape index (κ1) is 9.06. The van der Waals surface area contributed by atoms with Crippen molar-refractivity contribution in [1.82, 2.24) is 0 Å². The number of rotatable bonds is 5. The lowest BCUT2D eigenvalue weighted by molar-refractivity contribution is -0.112. The van der Waals surface area contributed by atoms with Gasteiger partial charge in [-0.1, -0.05) is 13.3 Å². The van der Waals surface area contributed by atoms with Gasteiger partial charge in [0.1, 0.15) is 15.9 Å². The monoisotopic (exact) mass is 162 g/mol. The molecule has 0 unspecified atom stereocenters. The minimum atomic E-state index is -0.751. The lowest BCUT2D eigenvalue weighted by Gasteiger charge is -1.94. The zero-order valence-corrected chi connectivity index (χ0v) is 9.56. The number of unbranched alkanes of at least 4 members (excludes halogenated alkanes) is 1. The molecule has 0 aromatic heterocycles. The molecule has 0 saturated carbocycles. The van der Waals surface area contributed by atoms with Crippen LogP contribution >= 0.6 is 0 Å². The molecule has 54 valence electrons. The number of carbonyl (C=O) groups is 1. The van der Waals surface area contributed by atoms with E-state index in [9.17, 15) is 4.79 Å². The average Bonchev–Trinajstić information content (AvgIpc) is 1.85. The molecule has 0 N–H and O–H groups in total. The zero-order chi connectivity index (χ0) is 7.11. The lowest BCUT2D eigenvalue weighted by atomic mass is 10.3. The summed E-state index contributed by atoms with van der Waals surface area (Å²) in [7, 11) is -0.0150. The van der Waals surface area contributed by atoms with Crippen LogP contribution in [0.25, 0.3) is 0 Å². The van der Waals surface area contributed by atoms with Gasteiger partial charge in [0, 0.05) is 6.42 Å². The largest absolute Gasteiger partial charge is 0.463 e. The Labute approximate surface area is 61.5 Å². The molecule has 0 aliphatic heterocycles. The molecule has 0 aliphatic carbocycles. The first-order valence-electron chi connectivity index (χ1n) is 3.32. The Morgan fingerprint density at radius 1 is 1.78 bits per heavy atom. The van der Waals surface area contributed by atoms with E-state index in [-0.39, 0.29) is 0 Å². The first-order chi connectivity index (χ1) is 4.31. The highest BCUT2D eigenvalue weighted by molar-refractivity contribution is 6.70. The summed E-state index contributed by atoms with van der Waals surface area (Å²) >= 11 is 0. The van der Waals surface area contributed by atoms with Crippen LogP contribution in [-0.2, 0) is 8.91 Å². The molecule has 0 atom stereocenters. The summed E-state index contributed by atoms with van der Waals surface area (Å²) in [4.78, 5) is 10.8. The van der Waals surface area contributed by atoms with Crippen molar-refractivity contribution in [3.8, 4) is 0 Å². The van der Waals surface area contributed by atoms with E-state index in [0.29, 0.717) is 5.41 Å². The van der Waals surface area contributed by atoms with Crippen LogP contribution in [0.1, 0.15) is 26.2 Å². The fourth-order valence-electron chi connectivity index (χ4n) is 0.607. The molecular weight excluding hydrogens is 148 g/mol. The van der Waals surface area contributed by atoms with E-state index < -0.39 is 9.76 Å². The Balaban J connectivity index is 3.06. The quantitative estimate of drug-likeness (QED) is 0.489. The molecular formula is C5H14O2Si2. The van der Waals surface area contributed by atoms with Crippen molar-refractivity contribution in [2.75, 3.05) is 0 Å². The summed E-state index contributed by atoms with van der Waals surface area (Å²) in [6.07, 6.45) is 2.91. The Morgan fingerprint density at radius 3 is 2.89 bits per heavy atom. The molecule has 2 nitrogen and oxygen atoms in total. The molecule has 0 aromatic rings. The van der Waals surface area contributed by atoms with E-state index in [1.807, 2.05) is 0 Å². The fraction of sp³-hybridized carbons (Fsp3) is 0.800. The van der Waals surface area contributed by atoms with Crippen molar-refractivity contribution in [1.29, 1.82) is 0 Å². The minimum Gasteiger partial charge on any atom is -0.463 e. The molecule has 0 saturated heterocycles.